The van der Waals surface area contributed by atoms with Crippen molar-refractivity contribution in [2.45, 2.75) is 24.7 Å². The van der Waals surface area contributed by atoms with Crippen LogP contribution in [0.3, 0.4) is 0 Å². The summed E-state index contributed by atoms with van der Waals surface area (Å²) in [7, 11) is 0. The number of benzene rings is 2. The summed E-state index contributed by atoms with van der Waals surface area (Å²) in [6, 6.07) is 17.4. The highest BCUT2D eigenvalue weighted by Gasteiger charge is 2.52. The molecule has 0 amide bonds. The first-order valence-electron chi connectivity index (χ1n) is 6.36. The van der Waals surface area contributed by atoms with Crippen LogP contribution >= 0.6 is 0 Å². The Morgan fingerprint density at radius 3 is 1.95 bits per heavy atom. The molecule has 0 bridgehead atoms. The molecule has 2 aromatic carbocycles. The zero-order chi connectivity index (χ0) is 14.6. The lowest BCUT2D eigenvalue weighted by Crippen LogP contribution is -2.46. The first-order chi connectivity index (χ1) is 9.49. The fraction of sp³-hybridized carbons (Fsp3) is 0.235. The zero-order valence-electron chi connectivity index (χ0n) is 11.1. The zero-order valence-corrected chi connectivity index (χ0v) is 11.1. The van der Waals surface area contributed by atoms with Gasteiger partial charge in [0.05, 0.1) is 5.41 Å². The average molecular weight is 273 g/mol. The minimum atomic E-state index is -3.55. The van der Waals surface area contributed by atoms with Crippen LogP contribution in [0.5, 0.6) is 0 Å². The lowest BCUT2D eigenvalue weighted by molar-refractivity contribution is -0.00660. The number of alkyl halides is 2. The van der Waals surface area contributed by atoms with Crippen LogP contribution in [0.15, 0.2) is 60.7 Å². The van der Waals surface area contributed by atoms with Gasteiger partial charge in [0.15, 0.2) is 0 Å². The van der Waals surface area contributed by atoms with Crippen molar-refractivity contribution in [3.05, 3.63) is 71.8 Å². The molecule has 0 aliphatic heterocycles. The largest absolute Gasteiger partial charge is 0.322 e. The van der Waals surface area contributed by atoms with Gasteiger partial charge in [0.25, 0.3) is 6.29 Å². The third-order valence-electron chi connectivity index (χ3n) is 3.63. The van der Waals surface area contributed by atoms with Crippen LogP contribution in [0, 0.1) is 0 Å². The molecule has 0 spiro atoms. The maximum Gasteiger partial charge on any atom is 0.322 e. The summed E-state index contributed by atoms with van der Waals surface area (Å²) in [4.78, 5) is 10.8. The van der Waals surface area contributed by atoms with Gasteiger partial charge in [-0.25, -0.2) is 0 Å². The molecule has 0 saturated carbocycles. The predicted molar refractivity (Wildman–Crippen MR) is 74.6 cm³/mol. The molecule has 0 heterocycles. The number of rotatable bonds is 5. The molecule has 2 rings (SSSR count). The van der Waals surface area contributed by atoms with E-state index in [0.717, 1.165) is 11.8 Å². The molecule has 0 saturated heterocycles. The number of halogens is 2. The summed E-state index contributed by atoms with van der Waals surface area (Å²) in [5.74, 6) is -3.55. The Morgan fingerprint density at radius 2 is 1.45 bits per heavy atom. The Balaban J connectivity index is 2.48. The Kier molecular flexibility index (Phi) is 3.98. The summed E-state index contributed by atoms with van der Waals surface area (Å²) in [6.45, 7) is 1.40. The van der Waals surface area contributed by atoms with E-state index in [1.54, 1.807) is 54.6 Å². The van der Waals surface area contributed by atoms with Crippen LogP contribution in [0.2, 0.25) is 0 Å². The SMILES string of the molecule is CC(Cc1ccccc1)(c1ccccc1)C(F)(F)[C]=O. The Bertz CT molecular complexity index is 566. The molecule has 1 radical (unpaired) electrons. The van der Waals surface area contributed by atoms with E-state index in [1.807, 2.05) is 6.07 Å². The first kappa shape index (κ1) is 14.4. The van der Waals surface area contributed by atoms with E-state index in [9.17, 15) is 13.6 Å². The number of carbonyl (C=O) groups excluding carboxylic acids is 1. The van der Waals surface area contributed by atoms with Crippen LogP contribution in [-0.4, -0.2) is 12.2 Å². The highest BCUT2D eigenvalue weighted by Crippen LogP contribution is 2.41. The molecule has 1 nitrogen and oxygen atoms in total. The second-order valence-corrected chi connectivity index (χ2v) is 5.04. The van der Waals surface area contributed by atoms with Gasteiger partial charge < -0.3 is 0 Å². The van der Waals surface area contributed by atoms with Crippen molar-refractivity contribution >= 4 is 6.29 Å². The molecule has 0 aliphatic rings. The average Bonchev–Trinajstić information content (AvgIpc) is 2.49. The molecule has 0 fully saturated rings. The summed E-state index contributed by atoms with van der Waals surface area (Å²) >= 11 is 0. The third kappa shape index (κ3) is 2.62. The molecule has 3 heteroatoms. The van der Waals surface area contributed by atoms with Gasteiger partial charge >= 0.3 is 5.92 Å². The molecule has 103 valence electrons. The summed E-state index contributed by atoms with van der Waals surface area (Å²) in [5, 5.41) is 0. The maximum absolute atomic E-state index is 14.1. The third-order valence-corrected chi connectivity index (χ3v) is 3.63. The van der Waals surface area contributed by atoms with E-state index < -0.39 is 11.3 Å². The fourth-order valence-electron chi connectivity index (χ4n) is 2.32. The Labute approximate surface area is 117 Å². The van der Waals surface area contributed by atoms with Crippen LogP contribution < -0.4 is 0 Å². The van der Waals surface area contributed by atoms with E-state index in [4.69, 9.17) is 0 Å². The quantitative estimate of drug-likeness (QED) is 0.806. The summed E-state index contributed by atoms with van der Waals surface area (Å²) < 4.78 is 28.3. The van der Waals surface area contributed by atoms with Crippen molar-refractivity contribution < 1.29 is 13.6 Å². The highest BCUT2D eigenvalue weighted by molar-refractivity contribution is 5.65. The van der Waals surface area contributed by atoms with E-state index in [-0.39, 0.29) is 6.42 Å². The van der Waals surface area contributed by atoms with Crippen molar-refractivity contribution in [2.24, 2.45) is 0 Å². The van der Waals surface area contributed by atoms with Gasteiger partial charge in [-0.3, -0.25) is 4.79 Å². The van der Waals surface area contributed by atoms with Crippen molar-refractivity contribution in [1.29, 1.82) is 0 Å². The summed E-state index contributed by atoms with van der Waals surface area (Å²) in [6.07, 6.45) is 0.987. The van der Waals surface area contributed by atoms with Gasteiger partial charge in [0.1, 0.15) is 0 Å². The van der Waals surface area contributed by atoms with Gasteiger partial charge in [-0.15, -0.1) is 0 Å². The van der Waals surface area contributed by atoms with Crippen molar-refractivity contribution in [3.63, 3.8) is 0 Å². The molecule has 20 heavy (non-hydrogen) atoms. The molecule has 1 unspecified atom stereocenters. The Morgan fingerprint density at radius 1 is 0.950 bits per heavy atom. The molecule has 0 N–H and O–H groups in total. The standard InChI is InChI=1S/C17H15F2O/c1-16(17(18,19)13-20,15-10-6-3-7-11-15)12-14-8-4-2-5-9-14/h2-11H,12H2,1H3. The fourth-order valence-corrected chi connectivity index (χ4v) is 2.32. The van der Waals surface area contributed by atoms with Crippen LogP contribution in [-0.2, 0) is 16.6 Å². The lowest BCUT2D eigenvalue weighted by Gasteiger charge is -2.34. The van der Waals surface area contributed by atoms with Gasteiger partial charge in [0, 0.05) is 0 Å². The van der Waals surface area contributed by atoms with Gasteiger partial charge in [-0.05, 0) is 24.5 Å². The van der Waals surface area contributed by atoms with Gasteiger partial charge in [-0.1, -0.05) is 60.7 Å². The van der Waals surface area contributed by atoms with Gasteiger partial charge in [0.2, 0.25) is 0 Å². The lowest BCUT2D eigenvalue weighted by atomic mass is 9.72. The maximum atomic E-state index is 14.1. The Hall–Kier alpha value is -2.03. The van der Waals surface area contributed by atoms with Crippen molar-refractivity contribution in [2.75, 3.05) is 0 Å². The molecule has 2 aromatic rings. The monoisotopic (exact) mass is 273 g/mol. The van der Waals surface area contributed by atoms with Crippen molar-refractivity contribution in [3.8, 4) is 0 Å². The minimum absolute atomic E-state index is 0.0695. The van der Waals surface area contributed by atoms with Crippen LogP contribution in [0.25, 0.3) is 0 Å². The highest BCUT2D eigenvalue weighted by atomic mass is 19.3. The normalized spacial score (nSPS) is 14.6. The molecular formula is C17H15F2O. The number of hydrogen-bond donors (Lipinski definition) is 0. The molecule has 0 aromatic heterocycles. The van der Waals surface area contributed by atoms with Crippen LogP contribution in [0.1, 0.15) is 18.1 Å². The topological polar surface area (TPSA) is 17.1 Å². The molecule has 1 atom stereocenters. The second kappa shape index (κ2) is 5.53. The molecular weight excluding hydrogens is 258 g/mol. The van der Waals surface area contributed by atoms with Crippen molar-refractivity contribution in [1.82, 2.24) is 0 Å². The first-order valence-corrected chi connectivity index (χ1v) is 6.36. The van der Waals surface area contributed by atoms with E-state index in [0.29, 0.717) is 5.56 Å². The summed E-state index contributed by atoms with van der Waals surface area (Å²) in [5.41, 5.74) is -0.428. The smallest absolute Gasteiger partial charge is 0.284 e. The predicted octanol–water partition coefficient (Wildman–Crippen LogP) is 3.93. The van der Waals surface area contributed by atoms with E-state index >= 15 is 0 Å². The molecule has 0 aliphatic carbocycles. The van der Waals surface area contributed by atoms with Crippen LogP contribution in [0.4, 0.5) is 8.78 Å². The van der Waals surface area contributed by atoms with E-state index in [2.05, 4.69) is 0 Å². The minimum Gasteiger partial charge on any atom is -0.284 e. The van der Waals surface area contributed by atoms with E-state index in [1.165, 1.54) is 6.92 Å². The number of hydrogen-bond acceptors (Lipinski definition) is 1. The van der Waals surface area contributed by atoms with Gasteiger partial charge in [-0.2, -0.15) is 8.78 Å². The second-order valence-electron chi connectivity index (χ2n) is 5.04.